The normalized spacial score (nSPS) is 15.1. The molecule has 1 amide bonds. The Morgan fingerprint density at radius 1 is 1.33 bits per heavy atom. The molecule has 2 aromatic rings. The largest absolute Gasteiger partial charge is 0.486 e. The molecule has 0 saturated carbocycles. The zero-order valence-electron chi connectivity index (χ0n) is 15.9. The fourth-order valence-corrected chi connectivity index (χ4v) is 3.64. The zero-order chi connectivity index (χ0) is 19.1. The first-order chi connectivity index (χ1) is 13.1. The van der Waals surface area contributed by atoms with E-state index in [0.717, 1.165) is 43.6 Å². The monoisotopic (exact) mass is 389 g/mol. The lowest BCUT2D eigenvalue weighted by atomic mass is 10.0. The second kappa shape index (κ2) is 9.82. The van der Waals surface area contributed by atoms with Crippen molar-refractivity contribution in [2.45, 2.75) is 26.4 Å². The number of nitrogens with zero attached hydrogens (tertiary/aromatic N) is 2. The SMILES string of the molecule is CC(C)c1ccccc1OCc1nc(C(=O)NCCN2CCOCC2)cs1. The van der Waals surface area contributed by atoms with E-state index in [1.54, 1.807) is 5.38 Å². The molecule has 1 fully saturated rings. The Hall–Kier alpha value is -1.96. The van der Waals surface area contributed by atoms with Crippen LogP contribution in [0.3, 0.4) is 0 Å². The van der Waals surface area contributed by atoms with Gasteiger partial charge >= 0.3 is 0 Å². The quantitative estimate of drug-likeness (QED) is 0.752. The predicted octanol–water partition coefficient (Wildman–Crippen LogP) is 2.91. The number of ether oxygens (including phenoxy) is 2. The fraction of sp³-hybridized carbons (Fsp3) is 0.500. The molecular formula is C20H27N3O3S. The molecule has 0 aliphatic carbocycles. The smallest absolute Gasteiger partial charge is 0.270 e. The summed E-state index contributed by atoms with van der Waals surface area (Å²) < 4.78 is 11.3. The van der Waals surface area contributed by atoms with Gasteiger partial charge in [0, 0.05) is 31.6 Å². The molecule has 1 aliphatic rings. The number of nitrogens with one attached hydrogen (secondary N) is 1. The van der Waals surface area contributed by atoms with Crippen LogP contribution in [-0.2, 0) is 11.3 Å². The van der Waals surface area contributed by atoms with Gasteiger partial charge in [0.15, 0.2) is 0 Å². The molecule has 0 bridgehead atoms. The highest BCUT2D eigenvalue weighted by atomic mass is 32.1. The second-order valence-corrected chi connectivity index (χ2v) is 7.76. The number of morpholine rings is 1. The van der Waals surface area contributed by atoms with E-state index in [9.17, 15) is 4.79 Å². The van der Waals surface area contributed by atoms with Gasteiger partial charge in [-0.1, -0.05) is 32.0 Å². The van der Waals surface area contributed by atoms with E-state index in [2.05, 4.69) is 35.1 Å². The first-order valence-corrected chi connectivity index (χ1v) is 10.3. The van der Waals surface area contributed by atoms with E-state index >= 15 is 0 Å². The van der Waals surface area contributed by atoms with Gasteiger partial charge in [-0.3, -0.25) is 9.69 Å². The van der Waals surface area contributed by atoms with E-state index in [4.69, 9.17) is 9.47 Å². The van der Waals surface area contributed by atoms with Gasteiger partial charge < -0.3 is 14.8 Å². The maximum atomic E-state index is 12.3. The molecule has 1 saturated heterocycles. The molecule has 1 N–H and O–H groups in total. The van der Waals surface area contributed by atoms with E-state index in [0.29, 0.717) is 24.8 Å². The van der Waals surface area contributed by atoms with Crippen molar-refractivity contribution in [2.24, 2.45) is 0 Å². The van der Waals surface area contributed by atoms with Crippen LogP contribution >= 0.6 is 11.3 Å². The molecular weight excluding hydrogens is 362 g/mol. The number of carbonyl (C=O) groups is 1. The van der Waals surface area contributed by atoms with Crippen LogP contribution in [0, 0.1) is 0 Å². The number of thiazole rings is 1. The Balaban J connectivity index is 1.47. The second-order valence-electron chi connectivity index (χ2n) is 6.82. The van der Waals surface area contributed by atoms with E-state index in [1.165, 1.54) is 16.9 Å². The maximum Gasteiger partial charge on any atom is 0.270 e. The Kier molecular flexibility index (Phi) is 7.20. The van der Waals surface area contributed by atoms with Gasteiger partial charge in [0.1, 0.15) is 23.1 Å². The van der Waals surface area contributed by atoms with Crippen molar-refractivity contribution in [1.29, 1.82) is 0 Å². The van der Waals surface area contributed by atoms with Crippen molar-refractivity contribution in [3.05, 3.63) is 45.9 Å². The summed E-state index contributed by atoms with van der Waals surface area (Å²) in [4.78, 5) is 19.0. The number of amides is 1. The van der Waals surface area contributed by atoms with Crippen molar-refractivity contribution in [1.82, 2.24) is 15.2 Å². The number of rotatable bonds is 8. The van der Waals surface area contributed by atoms with Gasteiger partial charge in [-0.2, -0.15) is 0 Å². The summed E-state index contributed by atoms with van der Waals surface area (Å²) in [7, 11) is 0. The molecule has 2 heterocycles. The Morgan fingerprint density at radius 2 is 2.11 bits per heavy atom. The first-order valence-electron chi connectivity index (χ1n) is 9.38. The fourth-order valence-electron chi connectivity index (χ4n) is 2.95. The Labute approximate surface area is 164 Å². The highest BCUT2D eigenvalue weighted by molar-refractivity contribution is 7.09. The summed E-state index contributed by atoms with van der Waals surface area (Å²) in [6.07, 6.45) is 0. The number of benzene rings is 1. The first kappa shape index (κ1) is 19.8. The summed E-state index contributed by atoms with van der Waals surface area (Å²) in [5.41, 5.74) is 1.63. The third kappa shape index (κ3) is 5.76. The molecule has 27 heavy (non-hydrogen) atoms. The van der Waals surface area contributed by atoms with Crippen LogP contribution in [0.15, 0.2) is 29.6 Å². The van der Waals surface area contributed by atoms with Crippen LogP contribution in [0.5, 0.6) is 5.75 Å². The topological polar surface area (TPSA) is 63.7 Å². The van der Waals surface area contributed by atoms with Crippen LogP contribution in [0.2, 0.25) is 0 Å². The molecule has 0 atom stereocenters. The van der Waals surface area contributed by atoms with Crippen molar-refractivity contribution in [2.75, 3.05) is 39.4 Å². The molecule has 6 nitrogen and oxygen atoms in total. The van der Waals surface area contributed by atoms with Gasteiger partial charge in [-0.05, 0) is 17.5 Å². The van der Waals surface area contributed by atoms with Gasteiger partial charge in [0.05, 0.1) is 13.2 Å². The summed E-state index contributed by atoms with van der Waals surface area (Å²) in [5, 5.41) is 5.53. The standard InChI is InChI=1S/C20H27N3O3S/c1-15(2)16-5-3-4-6-18(16)26-13-19-22-17(14-27-19)20(24)21-7-8-23-9-11-25-12-10-23/h3-6,14-15H,7-13H2,1-2H3,(H,21,24). The lowest BCUT2D eigenvalue weighted by Gasteiger charge is -2.26. The number of hydrogen-bond donors (Lipinski definition) is 1. The maximum absolute atomic E-state index is 12.3. The minimum Gasteiger partial charge on any atom is -0.486 e. The average Bonchev–Trinajstić information content (AvgIpc) is 3.16. The molecule has 0 radical (unpaired) electrons. The van der Waals surface area contributed by atoms with Crippen molar-refractivity contribution in [3.63, 3.8) is 0 Å². The number of para-hydroxylation sites is 1. The molecule has 1 aliphatic heterocycles. The number of hydrogen-bond acceptors (Lipinski definition) is 6. The number of carbonyl (C=O) groups excluding carboxylic acids is 1. The minimum absolute atomic E-state index is 0.131. The third-order valence-corrected chi connectivity index (χ3v) is 5.32. The summed E-state index contributed by atoms with van der Waals surface area (Å²) in [6.45, 7) is 9.49. The Bertz CT molecular complexity index is 742. The minimum atomic E-state index is -0.131. The summed E-state index contributed by atoms with van der Waals surface area (Å²) in [5.74, 6) is 1.14. The van der Waals surface area contributed by atoms with E-state index in [1.807, 2.05) is 18.2 Å². The van der Waals surface area contributed by atoms with E-state index < -0.39 is 0 Å². The highest BCUT2D eigenvalue weighted by Gasteiger charge is 2.14. The van der Waals surface area contributed by atoms with Crippen LogP contribution in [-0.4, -0.2) is 55.2 Å². The molecule has 0 unspecified atom stereocenters. The van der Waals surface area contributed by atoms with Crippen molar-refractivity contribution in [3.8, 4) is 5.75 Å². The molecule has 7 heteroatoms. The average molecular weight is 390 g/mol. The summed E-state index contributed by atoms with van der Waals surface area (Å²) in [6, 6.07) is 8.04. The highest BCUT2D eigenvalue weighted by Crippen LogP contribution is 2.26. The van der Waals surface area contributed by atoms with Gasteiger partial charge in [-0.15, -0.1) is 11.3 Å². The van der Waals surface area contributed by atoms with Crippen LogP contribution in [0.4, 0.5) is 0 Å². The van der Waals surface area contributed by atoms with Gasteiger partial charge in [0.2, 0.25) is 0 Å². The molecule has 146 valence electrons. The van der Waals surface area contributed by atoms with Gasteiger partial charge in [-0.25, -0.2) is 4.98 Å². The third-order valence-electron chi connectivity index (χ3n) is 4.49. The van der Waals surface area contributed by atoms with Crippen LogP contribution < -0.4 is 10.1 Å². The molecule has 3 rings (SSSR count). The Morgan fingerprint density at radius 3 is 2.89 bits per heavy atom. The lowest BCUT2D eigenvalue weighted by Crippen LogP contribution is -2.41. The summed E-state index contributed by atoms with van der Waals surface area (Å²) >= 11 is 1.45. The molecule has 0 spiro atoms. The lowest BCUT2D eigenvalue weighted by molar-refractivity contribution is 0.0383. The van der Waals surface area contributed by atoms with Crippen LogP contribution in [0.1, 0.15) is 40.8 Å². The molecule has 1 aromatic carbocycles. The van der Waals surface area contributed by atoms with Crippen LogP contribution in [0.25, 0.3) is 0 Å². The zero-order valence-corrected chi connectivity index (χ0v) is 16.8. The van der Waals surface area contributed by atoms with Gasteiger partial charge in [0.25, 0.3) is 5.91 Å². The number of aromatic nitrogens is 1. The molecule has 1 aromatic heterocycles. The van der Waals surface area contributed by atoms with Crippen molar-refractivity contribution < 1.29 is 14.3 Å². The predicted molar refractivity (Wildman–Crippen MR) is 107 cm³/mol. The van der Waals surface area contributed by atoms with Crippen molar-refractivity contribution >= 4 is 17.2 Å². The van der Waals surface area contributed by atoms with E-state index in [-0.39, 0.29) is 5.91 Å².